The van der Waals surface area contributed by atoms with E-state index in [0.29, 0.717) is 11.4 Å². The van der Waals surface area contributed by atoms with Gasteiger partial charge in [0.15, 0.2) is 9.84 Å². The number of ether oxygens (including phenoxy) is 1. The van der Waals surface area contributed by atoms with Crippen molar-refractivity contribution in [3.05, 3.63) is 76.5 Å². The molecular formula is C25H26N2O5S2. The molecule has 2 heterocycles. The highest BCUT2D eigenvalue weighted by atomic mass is 32.2. The molecule has 2 atom stereocenters. The van der Waals surface area contributed by atoms with Gasteiger partial charge in [0, 0.05) is 35.0 Å². The van der Waals surface area contributed by atoms with Crippen molar-refractivity contribution in [2.24, 2.45) is 5.92 Å². The number of anilines is 2. The predicted molar refractivity (Wildman–Crippen MR) is 134 cm³/mol. The van der Waals surface area contributed by atoms with Crippen molar-refractivity contribution in [2.75, 3.05) is 28.8 Å². The van der Waals surface area contributed by atoms with Crippen LogP contribution in [0.1, 0.15) is 22.9 Å². The number of aryl methyl sites for hydroxylation is 1. The Morgan fingerprint density at radius 3 is 2.59 bits per heavy atom. The molecule has 0 spiro atoms. The number of carbonyl (C=O) groups is 2. The second-order valence-corrected chi connectivity index (χ2v) is 11.6. The molecule has 1 N–H and O–H groups in total. The molecule has 0 saturated carbocycles. The van der Waals surface area contributed by atoms with Gasteiger partial charge in [-0.3, -0.25) is 9.59 Å². The van der Waals surface area contributed by atoms with Gasteiger partial charge in [0.25, 0.3) is 0 Å². The van der Waals surface area contributed by atoms with E-state index in [4.69, 9.17) is 4.74 Å². The Kier molecular flexibility index (Phi) is 7.04. The molecule has 0 radical (unpaired) electrons. The molecule has 1 aliphatic heterocycles. The van der Waals surface area contributed by atoms with Crippen molar-refractivity contribution >= 4 is 44.4 Å². The van der Waals surface area contributed by atoms with E-state index in [1.807, 2.05) is 48.7 Å². The minimum Gasteiger partial charge on any atom is -0.492 e. The first kappa shape index (κ1) is 24.0. The smallest absolute Gasteiger partial charge is 0.230 e. The number of sulfone groups is 1. The van der Waals surface area contributed by atoms with Crippen LogP contribution in [0.4, 0.5) is 11.4 Å². The van der Waals surface area contributed by atoms with Gasteiger partial charge < -0.3 is 15.0 Å². The second kappa shape index (κ2) is 9.99. The lowest BCUT2D eigenvalue weighted by Gasteiger charge is -2.27. The first-order valence-electron chi connectivity index (χ1n) is 10.8. The highest BCUT2D eigenvalue weighted by Crippen LogP contribution is 2.43. The fourth-order valence-electron chi connectivity index (χ4n) is 3.97. The Balaban J connectivity index is 1.54. The van der Waals surface area contributed by atoms with Crippen LogP contribution in [0.5, 0.6) is 5.75 Å². The van der Waals surface area contributed by atoms with Crippen LogP contribution in [0, 0.1) is 12.8 Å². The molecular weight excluding hydrogens is 472 g/mol. The highest BCUT2D eigenvalue weighted by molar-refractivity contribution is 7.90. The minimum absolute atomic E-state index is 0.0271. The Morgan fingerprint density at radius 1 is 1.15 bits per heavy atom. The molecule has 1 aliphatic rings. The molecule has 7 nitrogen and oxygen atoms in total. The number of nitrogens with zero attached hydrogens (tertiary/aromatic N) is 1. The monoisotopic (exact) mass is 498 g/mol. The number of rotatable bonds is 8. The summed E-state index contributed by atoms with van der Waals surface area (Å²) in [6.45, 7) is 2.01. The van der Waals surface area contributed by atoms with Gasteiger partial charge in [0.2, 0.25) is 11.8 Å². The largest absolute Gasteiger partial charge is 0.492 e. The van der Waals surface area contributed by atoms with Crippen LogP contribution < -0.4 is 15.0 Å². The van der Waals surface area contributed by atoms with Gasteiger partial charge in [-0.15, -0.1) is 11.3 Å². The molecule has 4 rings (SSSR count). The van der Waals surface area contributed by atoms with Crippen LogP contribution in [0.2, 0.25) is 0 Å². The van der Waals surface area contributed by atoms with E-state index in [1.54, 1.807) is 29.2 Å². The quantitative estimate of drug-likeness (QED) is 0.502. The second-order valence-electron chi connectivity index (χ2n) is 8.37. The lowest BCUT2D eigenvalue weighted by atomic mass is 9.97. The molecule has 9 heteroatoms. The lowest BCUT2D eigenvalue weighted by Crippen LogP contribution is -2.32. The highest BCUT2D eigenvalue weighted by Gasteiger charge is 2.45. The zero-order valence-electron chi connectivity index (χ0n) is 18.9. The van der Waals surface area contributed by atoms with E-state index >= 15 is 0 Å². The van der Waals surface area contributed by atoms with Gasteiger partial charge in [-0.25, -0.2) is 8.42 Å². The molecule has 34 heavy (non-hydrogen) atoms. The van der Waals surface area contributed by atoms with E-state index in [-0.39, 0.29) is 30.6 Å². The van der Waals surface area contributed by atoms with Gasteiger partial charge in [-0.1, -0.05) is 29.8 Å². The summed E-state index contributed by atoms with van der Waals surface area (Å²) in [6, 6.07) is 18.0. The topological polar surface area (TPSA) is 92.8 Å². The number of benzene rings is 2. The summed E-state index contributed by atoms with van der Waals surface area (Å²) < 4.78 is 28.1. The van der Waals surface area contributed by atoms with E-state index in [1.165, 1.54) is 11.3 Å². The molecule has 0 aliphatic carbocycles. The molecule has 178 valence electrons. The zero-order chi connectivity index (χ0) is 24.3. The predicted octanol–water partition coefficient (Wildman–Crippen LogP) is 4.21. The van der Waals surface area contributed by atoms with Crippen molar-refractivity contribution in [1.29, 1.82) is 0 Å². The fraction of sp³-hybridized carbons (Fsp3) is 0.280. The van der Waals surface area contributed by atoms with Crippen LogP contribution in [0.25, 0.3) is 0 Å². The maximum atomic E-state index is 13.3. The summed E-state index contributed by atoms with van der Waals surface area (Å²) in [5, 5.41) is 4.86. The van der Waals surface area contributed by atoms with Gasteiger partial charge in [0.1, 0.15) is 12.4 Å². The number of thiophene rings is 1. The molecule has 0 bridgehead atoms. The Bertz CT molecular complexity index is 1270. The third kappa shape index (κ3) is 5.66. The average molecular weight is 499 g/mol. The van der Waals surface area contributed by atoms with Gasteiger partial charge >= 0.3 is 0 Å². The standard InChI is InChI=1S/C25H26N2O5S2/c1-17-8-10-19(11-9-17)27-23(28)16-21(24(27)22-7-4-13-33-22)25(29)26-18-5-3-6-20(15-18)32-12-14-34(2,30)31/h3-11,13,15,21,24H,12,14,16H2,1-2H3,(H,26,29). The summed E-state index contributed by atoms with van der Waals surface area (Å²) >= 11 is 1.52. The molecule has 2 amide bonds. The number of hydrogen-bond donors (Lipinski definition) is 1. The Morgan fingerprint density at radius 2 is 1.91 bits per heavy atom. The van der Waals surface area contributed by atoms with Crippen LogP contribution in [-0.4, -0.2) is 38.8 Å². The molecule has 1 saturated heterocycles. The van der Waals surface area contributed by atoms with Gasteiger partial charge in [-0.2, -0.15) is 0 Å². The molecule has 3 aromatic rings. The number of carbonyl (C=O) groups excluding carboxylic acids is 2. The summed E-state index contributed by atoms with van der Waals surface area (Å²) in [6.07, 6.45) is 1.26. The van der Waals surface area contributed by atoms with Crippen LogP contribution in [-0.2, 0) is 19.4 Å². The number of amides is 2. The van der Waals surface area contributed by atoms with Gasteiger partial charge in [-0.05, 0) is 42.6 Å². The van der Waals surface area contributed by atoms with E-state index in [0.717, 1.165) is 22.4 Å². The first-order valence-corrected chi connectivity index (χ1v) is 13.8. The summed E-state index contributed by atoms with van der Waals surface area (Å²) in [5.41, 5.74) is 2.38. The van der Waals surface area contributed by atoms with Gasteiger partial charge in [0.05, 0.1) is 17.7 Å². The summed E-state index contributed by atoms with van der Waals surface area (Å²) in [7, 11) is -3.13. The normalized spacial score (nSPS) is 18.2. The van der Waals surface area contributed by atoms with E-state index < -0.39 is 21.8 Å². The van der Waals surface area contributed by atoms with Crippen LogP contribution in [0.15, 0.2) is 66.0 Å². The molecule has 2 aromatic carbocycles. The van der Waals surface area contributed by atoms with Crippen molar-refractivity contribution in [2.45, 2.75) is 19.4 Å². The molecule has 1 aromatic heterocycles. The Hall–Kier alpha value is -3.17. The van der Waals surface area contributed by atoms with Crippen LogP contribution >= 0.6 is 11.3 Å². The van der Waals surface area contributed by atoms with Crippen molar-refractivity contribution in [1.82, 2.24) is 0 Å². The van der Waals surface area contributed by atoms with E-state index in [2.05, 4.69) is 5.32 Å². The number of nitrogens with one attached hydrogen (secondary N) is 1. The lowest BCUT2D eigenvalue weighted by molar-refractivity contribution is -0.122. The first-order chi connectivity index (χ1) is 16.2. The third-order valence-corrected chi connectivity index (χ3v) is 7.48. The average Bonchev–Trinajstić information content (AvgIpc) is 3.41. The van der Waals surface area contributed by atoms with Crippen molar-refractivity contribution in [3.63, 3.8) is 0 Å². The summed E-state index contributed by atoms with van der Waals surface area (Å²) in [4.78, 5) is 29.1. The van der Waals surface area contributed by atoms with Crippen molar-refractivity contribution < 1.29 is 22.7 Å². The zero-order valence-corrected chi connectivity index (χ0v) is 20.6. The Labute approximate surface area is 203 Å². The summed E-state index contributed by atoms with van der Waals surface area (Å²) in [5.74, 6) is -0.553. The maximum Gasteiger partial charge on any atom is 0.230 e. The maximum absolute atomic E-state index is 13.3. The number of hydrogen-bond acceptors (Lipinski definition) is 6. The third-order valence-electron chi connectivity index (χ3n) is 5.63. The van der Waals surface area contributed by atoms with Crippen LogP contribution in [0.3, 0.4) is 0 Å². The van der Waals surface area contributed by atoms with E-state index in [9.17, 15) is 18.0 Å². The molecule has 2 unspecified atom stereocenters. The SMILES string of the molecule is Cc1ccc(N2C(=O)CC(C(=O)Nc3cccc(OCCS(C)(=O)=O)c3)C2c2cccs2)cc1. The minimum atomic E-state index is -3.13. The fourth-order valence-corrected chi connectivity index (χ4v) is 5.24. The van der Waals surface area contributed by atoms with Crippen molar-refractivity contribution in [3.8, 4) is 5.75 Å². The molecule has 1 fully saturated rings.